The molecule has 210 valence electrons. The van der Waals surface area contributed by atoms with Crippen LogP contribution in [-0.4, -0.2) is 63.7 Å². The third kappa shape index (κ3) is 5.54. The van der Waals surface area contributed by atoms with Crippen LogP contribution in [0.4, 0.5) is 0 Å². The number of hydrogen-bond acceptors (Lipinski definition) is 7. The van der Waals surface area contributed by atoms with E-state index in [-0.39, 0.29) is 35.3 Å². The number of benzene rings is 2. The van der Waals surface area contributed by atoms with Gasteiger partial charge in [-0.2, -0.15) is 0 Å². The van der Waals surface area contributed by atoms with Crippen LogP contribution in [-0.2, 0) is 30.3 Å². The summed E-state index contributed by atoms with van der Waals surface area (Å²) in [6.45, 7) is 1.23. The van der Waals surface area contributed by atoms with Crippen LogP contribution in [0.3, 0.4) is 0 Å². The Kier molecular flexibility index (Phi) is 7.93. The van der Waals surface area contributed by atoms with Gasteiger partial charge in [0.05, 0.1) is 12.0 Å². The van der Waals surface area contributed by atoms with Crippen molar-refractivity contribution in [2.75, 3.05) is 18.8 Å². The van der Waals surface area contributed by atoms with Crippen LogP contribution in [0.2, 0.25) is 0 Å². The van der Waals surface area contributed by atoms with Gasteiger partial charge in [0.15, 0.2) is 6.10 Å². The highest BCUT2D eigenvalue weighted by Crippen LogP contribution is 2.42. The summed E-state index contributed by atoms with van der Waals surface area (Å²) < 4.78 is 6.14. The molecule has 3 aromatic rings. The summed E-state index contributed by atoms with van der Waals surface area (Å²) in [5.41, 5.74) is 1.80. The Morgan fingerprint density at radius 3 is 2.20 bits per heavy atom. The van der Waals surface area contributed by atoms with Crippen LogP contribution in [0.25, 0.3) is 0 Å². The van der Waals surface area contributed by atoms with Gasteiger partial charge in [-0.15, -0.1) is 23.1 Å². The van der Waals surface area contributed by atoms with Crippen molar-refractivity contribution in [3.8, 4) is 0 Å². The molecule has 3 amide bonds. The number of hydrogen-bond donors (Lipinski definition) is 1. The van der Waals surface area contributed by atoms with E-state index in [1.807, 2.05) is 78.2 Å². The number of carbonyl (C=O) groups is 4. The lowest BCUT2D eigenvalue weighted by atomic mass is 10.00. The van der Waals surface area contributed by atoms with Gasteiger partial charge in [0.25, 0.3) is 11.8 Å². The van der Waals surface area contributed by atoms with Crippen LogP contribution in [0.15, 0.2) is 89.4 Å². The molecule has 3 aliphatic rings. The number of amides is 3. The number of likely N-dealkylation sites (tertiary alicyclic amines) is 1. The molecular weight excluding hydrogens is 558 g/mol. The highest BCUT2D eigenvalue weighted by atomic mass is 32.2. The van der Waals surface area contributed by atoms with Crippen molar-refractivity contribution in [1.29, 1.82) is 0 Å². The number of thiophene rings is 1. The fourth-order valence-corrected chi connectivity index (χ4v) is 7.46. The second-order valence-corrected chi connectivity index (χ2v) is 12.3. The topological polar surface area (TPSA) is 96.0 Å². The highest BCUT2D eigenvalue weighted by molar-refractivity contribution is 8.00. The largest absolute Gasteiger partial charge is 0.448 e. The lowest BCUT2D eigenvalue weighted by molar-refractivity contribution is -0.155. The second-order valence-electron chi connectivity index (χ2n) is 10.1. The van der Waals surface area contributed by atoms with Gasteiger partial charge in [0.1, 0.15) is 17.1 Å². The van der Waals surface area contributed by atoms with Gasteiger partial charge >= 0.3 is 5.97 Å². The maximum atomic E-state index is 14.0. The minimum absolute atomic E-state index is 0.0173. The van der Waals surface area contributed by atoms with E-state index in [1.165, 1.54) is 28.0 Å². The number of ether oxygens (including phenoxy) is 1. The number of thioether (sulfide) groups is 1. The molecule has 2 saturated heterocycles. The van der Waals surface area contributed by atoms with Gasteiger partial charge in [-0.1, -0.05) is 66.7 Å². The van der Waals surface area contributed by atoms with Crippen molar-refractivity contribution in [3.05, 3.63) is 105 Å². The first-order valence-electron chi connectivity index (χ1n) is 13.6. The van der Waals surface area contributed by atoms with Gasteiger partial charge in [0, 0.05) is 23.7 Å². The lowest BCUT2D eigenvalue weighted by Gasteiger charge is -2.49. The zero-order valence-corrected chi connectivity index (χ0v) is 23.9. The van der Waals surface area contributed by atoms with E-state index in [9.17, 15) is 19.2 Å². The first-order valence-corrected chi connectivity index (χ1v) is 15.5. The Balaban J connectivity index is 1.30. The number of fused-ring (bicyclic) bond motifs is 1. The average molecular weight is 588 g/mol. The average Bonchev–Trinajstić information content (AvgIpc) is 3.73. The van der Waals surface area contributed by atoms with Crippen molar-refractivity contribution in [2.24, 2.45) is 0 Å². The molecule has 1 N–H and O–H groups in total. The molecule has 0 aliphatic carbocycles. The molecule has 0 bridgehead atoms. The fraction of sp³-hybridized carbons (Fsp3) is 0.290. The van der Waals surface area contributed by atoms with Crippen LogP contribution < -0.4 is 5.32 Å². The standard InChI is InChI=1S/C31H29N3O5S2/c35-24(18-22-14-9-17-40-22)32-25-29(37)34-26(23(19-41-30(25)34)28(36)33-15-7-8-16-33)31(38)39-27(20-10-3-1-4-11-20)21-12-5-2-6-13-21/h1-6,9-14,17,25,27,30H,7-8,15-16,18-19H2,(H,32,35)/t25?,30-/m1/s1. The number of carbonyl (C=O) groups excluding carboxylic acids is 4. The summed E-state index contributed by atoms with van der Waals surface area (Å²) in [7, 11) is 0. The SMILES string of the molecule is O=C(Cc1cccs1)NC1C(=O)N2C(C(=O)OC(c3ccccc3)c3ccccc3)=C(C(=O)N3CCCC3)CS[C@H]12. The number of β-lactam (4-membered cyclic amide) rings is 1. The maximum absolute atomic E-state index is 14.0. The minimum atomic E-state index is -0.780. The zero-order chi connectivity index (χ0) is 28.3. The summed E-state index contributed by atoms with van der Waals surface area (Å²) in [4.78, 5) is 57.8. The summed E-state index contributed by atoms with van der Waals surface area (Å²) in [5, 5.41) is 4.24. The molecule has 6 rings (SSSR count). The molecule has 0 saturated carbocycles. The molecule has 8 nitrogen and oxygen atoms in total. The number of rotatable bonds is 8. The Labute approximate surface area is 246 Å². The van der Waals surface area contributed by atoms with Crippen LogP contribution >= 0.6 is 23.1 Å². The van der Waals surface area contributed by atoms with E-state index < -0.39 is 29.4 Å². The maximum Gasteiger partial charge on any atom is 0.356 e. The molecule has 41 heavy (non-hydrogen) atoms. The summed E-state index contributed by atoms with van der Waals surface area (Å²) in [5.74, 6) is -1.41. The molecule has 1 unspecified atom stereocenters. The predicted molar refractivity (Wildman–Crippen MR) is 157 cm³/mol. The number of nitrogens with one attached hydrogen (secondary N) is 1. The Hall–Kier alpha value is -3.89. The van der Waals surface area contributed by atoms with E-state index in [0.29, 0.717) is 13.1 Å². The summed E-state index contributed by atoms with van der Waals surface area (Å²) in [6.07, 6.45) is 1.25. The molecule has 3 aliphatic heterocycles. The zero-order valence-electron chi connectivity index (χ0n) is 22.2. The number of esters is 1. The quantitative estimate of drug-likeness (QED) is 0.317. The molecule has 4 heterocycles. The molecule has 2 fully saturated rings. The smallest absolute Gasteiger partial charge is 0.356 e. The van der Waals surface area contributed by atoms with Gasteiger partial charge < -0.3 is 15.0 Å². The summed E-state index contributed by atoms with van der Waals surface area (Å²) in [6, 6.07) is 21.7. The molecular formula is C31H29N3O5S2. The van der Waals surface area contributed by atoms with E-state index in [2.05, 4.69) is 5.32 Å². The third-order valence-electron chi connectivity index (χ3n) is 7.47. The van der Waals surface area contributed by atoms with Crippen LogP contribution in [0.1, 0.15) is 34.9 Å². The van der Waals surface area contributed by atoms with Crippen LogP contribution in [0.5, 0.6) is 0 Å². The van der Waals surface area contributed by atoms with Crippen LogP contribution in [0, 0.1) is 0 Å². The monoisotopic (exact) mass is 587 g/mol. The van der Waals surface area contributed by atoms with Crippen molar-refractivity contribution in [1.82, 2.24) is 15.1 Å². The van der Waals surface area contributed by atoms with Crippen molar-refractivity contribution < 1.29 is 23.9 Å². The van der Waals surface area contributed by atoms with E-state index in [4.69, 9.17) is 4.74 Å². The van der Waals surface area contributed by atoms with E-state index in [0.717, 1.165) is 28.8 Å². The number of nitrogens with zero attached hydrogens (tertiary/aromatic N) is 2. The first kappa shape index (κ1) is 27.3. The minimum Gasteiger partial charge on any atom is -0.448 e. The molecule has 0 radical (unpaired) electrons. The second kappa shape index (κ2) is 11.9. The fourth-order valence-electron chi connectivity index (χ4n) is 5.43. The predicted octanol–water partition coefficient (Wildman–Crippen LogP) is 3.90. The molecule has 1 aromatic heterocycles. The summed E-state index contributed by atoms with van der Waals surface area (Å²) >= 11 is 2.86. The Bertz CT molecular complexity index is 1430. The normalized spacial score (nSPS) is 20.1. The Morgan fingerprint density at radius 2 is 1.59 bits per heavy atom. The van der Waals surface area contributed by atoms with Gasteiger partial charge in [0.2, 0.25) is 5.91 Å². The highest BCUT2D eigenvalue weighted by Gasteiger charge is 2.55. The molecule has 2 atom stereocenters. The van der Waals surface area contributed by atoms with Crippen molar-refractivity contribution in [3.63, 3.8) is 0 Å². The lowest BCUT2D eigenvalue weighted by Crippen LogP contribution is -2.71. The first-order chi connectivity index (χ1) is 20.0. The van der Waals surface area contributed by atoms with E-state index >= 15 is 0 Å². The van der Waals surface area contributed by atoms with Gasteiger partial charge in [-0.25, -0.2) is 4.79 Å². The molecule has 10 heteroatoms. The van der Waals surface area contributed by atoms with Gasteiger partial charge in [-0.05, 0) is 35.4 Å². The molecule has 2 aromatic carbocycles. The van der Waals surface area contributed by atoms with Crippen molar-refractivity contribution in [2.45, 2.75) is 36.8 Å². The van der Waals surface area contributed by atoms with Crippen molar-refractivity contribution >= 4 is 46.8 Å². The molecule has 0 spiro atoms. The third-order valence-corrected chi connectivity index (χ3v) is 9.63. The Morgan fingerprint density at radius 1 is 0.927 bits per heavy atom. The van der Waals surface area contributed by atoms with E-state index in [1.54, 1.807) is 4.90 Å². The van der Waals surface area contributed by atoms with Gasteiger partial charge in [-0.3, -0.25) is 19.3 Å².